The van der Waals surface area contributed by atoms with Gasteiger partial charge in [-0.15, -0.1) is 0 Å². The normalized spacial score (nSPS) is 10.6. The Morgan fingerprint density at radius 2 is 2.21 bits per heavy atom. The van der Waals surface area contributed by atoms with Crippen molar-refractivity contribution in [2.45, 2.75) is 33.2 Å². The van der Waals surface area contributed by atoms with Crippen molar-refractivity contribution >= 4 is 5.69 Å². The number of rotatable bonds is 6. The summed E-state index contributed by atoms with van der Waals surface area (Å²) in [6.07, 6.45) is 5.63. The molecule has 19 heavy (non-hydrogen) atoms. The predicted octanol–water partition coefficient (Wildman–Crippen LogP) is 2.81. The van der Waals surface area contributed by atoms with Crippen LogP contribution in [-0.4, -0.2) is 16.4 Å². The molecule has 0 atom stereocenters. The maximum Gasteiger partial charge on any atom is 0.122 e. The number of ether oxygens (including phenoxy) is 1. The van der Waals surface area contributed by atoms with Gasteiger partial charge in [-0.2, -0.15) is 5.10 Å². The monoisotopic (exact) mass is 259 g/mol. The maximum absolute atomic E-state index is 5.63. The molecular weight excluding hydrogens is 238 g/mol. The third-order valence-corrected chi connectivity index (χ3v) is 3.05. The third kappa shape index (κ3) is 3.74. The van der Waals surface area contributed by atoms with Crippen LogP contribution in [0.3, 0.4) is 0 Å². The zero-order valence-electron chi connectivity index (χ0n) is 11.6. The van der Waals surface area contributed by atoms with Gasteiger partial charge in [0.05, 0.1) is 18.5 Å². The Bertz CT molecular complexity index is 534. The fraction of sp³-hybridized carbons (Fsp3) is 0.400. The fourth-order valence-electron chi connectivity index (χ4n) is 2.13. The lowest BCUT2D eigenvalue weighted by Crippen LogP contribution is -2.00. The molecule has 0 radical (unpaired) electrons. The molecule has 0 aliphatic rings. The van der Waals surface area contributed by atoms with E-state index < -0.39 is 0 Å². The Morgan fingerprint density at radius 1 is 1.37 bits per heavy atom. The van der Waals surface area contributed by atoms with Gasteiger partial charge >= 0.3 is 0 Å². The van der Waals surface area contributed by atoms with Crippen LogP contribution in [0.1, 0.15) is 24.5 Å². The molecule has 1 aromatic carbocycles. The second-order valence-corrected chi connectivity index (χ2v) is 4.67. The highest BCUT2D eigenvalue weighted by Gasteiger charge is 2.01. The van der Waals surface area contributed by atoms with Crippen LogP contribution in [0.25, 0.3) is 0 Å². The lowest BCUT2D eigenvalue weighted by Gasteiger charge is -2.09. The largest absolute Gasteiger partial charge is 0.494 e. The van der Waals surface area contributed by atoms with Crippen molar-refractivity contribution in [3.63, 3.8) is 0 Å². The topological polar surface area (TPSA) is 53.1 Å². The summed E-state index contributed by atoms with van der Waals surface area (Å²) in [6, 6.07) is 6.39. The highest BCUT2D eigenvalue weighted by molar-refractivity contribution is 5.36. The number of aryl methyl sites for hydroxylation is 3. The van der Waals surface area contributed by atoms with Crippen LogP contribution < -0.4 is 10.5 Å². The Balaban J connectivity index is 1.87. The van der Waals surface area contributed by atoms with Gasteiger partial charge in [0.15, 0.2) is 0 Å². The number of hydrogen-bond donors (Lipinski definition) is 1. The summed E-state index contributed by atoms with van der Waals surface area (Å²) < 4.78 is 7.43. The van der Waals surface area contributed by atoms with Crippen LogP contribution in [0.2, 0.25) is 0 Å². The van der Waals surface area contributed by atoms with E-state index in [0.717, 1.165) is 30.8 Å². The van der Waals surface area contributed by atoms with Crippen molar-refractivity contribution in [1.29, 1.82) is 0 Å². The smallest absolute Gasteiger partial charge is 0.122 e. The summed E-state index contributed by atoms with van der Waals surface area (Å²) in [5, 5.41) is 4.17. The quantitative estimate of drug-likeness (QED) is 0.868. The van der Waals surface area contributed by atoms with Crippen LogP contribution in [0.5, 0.6) is 5.75 Å². The van der Waals surface area contributed by atoms with Gasteiger partial charge in [0, 0.05) is 12.7 Å². The number of hydrogen-bond acceptors (Lipinski definition) is 3. The van der Waals surface area contributed by atoms with E-state index in [-0.39, 0.29) is 0 Å². The lowest BCUT2D eigenvalue weighted by atomic mass is 10.1. The molecular formula is C15H21N3O. The highest BCUT2D eigenvalue weighted by atomic mass is 16.5. The zero-order chi connectivity index (χ0) is 13.7. The van der Waals surface area contributed by atoms with Crippen molar-refractivity contribution in [3.8, 4) is 5.75 Å². The number of nitrogens with zero attached hydrogens (tertiary/aromatic N) is 2. The number of aromatic nitrogens is 2. The first kappa shape index (κ1) is 13.5. The first-order valence-corrected chi connectivity index (χ1v) is 6.69. The van der Waals surface area contributed by atoms with Crippen LogP contribution in [0, 0.1) is 6.92 Å². The van der Waals surface area contributed by atoms with Gasteiger partial charge in [-0.1, -0.05) is 12.1 Å². The molecule has 0 saturated carbocycles. The van der Waals surface area contributed by atoms with E-state index in [9.17, 15) is 0 Å². The molecule has 0 spiro atoms. The summed E-state index contributed by atoms with van der Waals surface area (Å²) in [5.74, 6) is 0.978. The van der Waals surface area contributed by atoms with Crippen molar-refractivity contribution < 1.29 is 4.74 Å². The Morgan fingerprint density at radius 3 is 2.84 bits per heavy atom. The lowest BCUT2D eigenvalue weighted by molar-refractivity contribution is 0.338. The molecule has 4 heteroatoms. The Kier molecular flexibility index (Phi) is 4.44. The van der Waals surface area contributed by atoms with Crippen molar-refractivity contribution in [3.05, 3.63) is 41.7 Å². The van der Waals surface area contributed by atoms with E-state index in [1.54, 1.807) is 6.20 Å². The van der Waals surface area contributed by atoms with E-state index in [4.69, 9.17) is 10.5 Å². The number of nitrogens with two attached hydrogens (primary N) is 1. The second kappa shape index (κ2) is 6.27. The van der Waals surface area contributed by atoms with E-state index >= 15 is 0 Å². The van der Waals surface area contributed by atoms with Gasteiger partial charge in [-0.3, -0.25) is 4.68 Å². The molecule has 1 heterocycles. The molecule has 2 rings (SSSR count). The molecule has 1 aromatic heterocycles. The van der Waals surface area contributed by atoms with Crippen molar-refractivity contribution in [1.82, 2.24) is 9.78 Å². The predicted molar refractivity (Wildman–Crippen MR) is 77.3 cm³/mol. The minimum Gasteiger partial charge on any atom is -0.494 e. The van der Waals surface area contributed by atoms with Gasteiger partial charge in [0.2, 0.25) is 0 Å². The van der Waals surface area contributed by atoms with E-state index in [1.165, 1.54) is 11.1 Å². The molecule has 0 amide bonds. The minimum absolute atomic E-state index is 0.709. The molecule has 0 bridgehead atoms. The molecule has 2 N–H and O–H groups in total. The fourth-order valence-corrected chi connectivity index (χ4v) is 2.13. The second-order valence-electron chi connectivity index (χ2n) is 4.67. The van der Waals surface area contributed by atoms with Crippen molar-refractivity contribution in [2.75, 3.05) is 12.3 Å². The van der Waals surface area contributed by atoms with Crippen LogP contribution in [-0.2, 0) is 13.0 Å². The first-order chi connectivity index (χ1) is 9.19. The van der Waals surface area contributed by atoms with E-state index in [2.05, 4.69) is 30.2 Å². The van der Waals surface area contributed by atoms with Crippen LogP contribution >= 0.6 is 0 Å². The first-order valence-electron chi connectivity index (χ1n) is 6.69. The molecule has 0 unspecified atom stereocenters. The van der Waals surface area contributed by atoms with Gasteiger partial charge < -0.3 is 10.5 Å². The standard InChI is InChI=1S/C15H21N3O/c1-3-19-15-7-6-13(9-12(15)2)5-4-8-18-11-14(16)10-17-18/h6-7,9-11H,3-5,8,16H2,1-2H3. The maximum atomic E-state index is 5.63. The molecule has 4 nitrogen and oxygen atoms in total. The van der Waals surface area contributed by atoms with Gasteiger partial charge in [0.1, 0.15) is 5.75 Å². The number of anilines is 1. The SMILES string of the molecule is CCOc1ccc(CCCn2cc(N)cn2)cc1C. The average molecular weight is 259 g/mol. The van der Waals surface area contributed by atoms with Gasteiger partial charge in [-0.05, 0) is 43.9 Å². The molecule has 2 aromatic rings. The van der Waals surface area contributed by atoms with Gasteiger partial charge in [-0.25, -0.2) is 0 Å². The van der Waals surface area contributed by atoms with E-state index in [1.807, 2.05) is 17.8 Å². The summed E-state index contributed by atoms with van der Waals surface area (Å²) >= 11 is 0. The molecule has 0 aliphatic heterocycles. The van der Waals surface area contributed by atoms with Crippen LogP contribution in [0.15, 0.2) is 30.6 Å². The summed E-state index contributed by atoms with van der Waals surface area (Å²) in [5.41, 5.74) is 8.88. The third-order valence-electron chi connectivity index (χ3n) is 3.05. The number of benzene rings is 1. The van der Waals surface area contributed by atoms with Crippen molar-refractivity contribution in [2.24, 2.45) is 0 Å². The van der Waals surface area contributed by atoms with Crippen LogP contribution in [0.4, 0.5) is 5.69 Å². The highest BCUT2D eigenvalue weighted by Crippen LogP contribution is 2.20. The van der Waals surface area contributed by atoms with Gasteiger partial charge in [0.25, 0.3) is 0 Å². The summed E-state index contributed by atoms with van der Waals surface area (Å²) in [7, 11) is 0. The Labute approximate surface area is 114 Å². The molecule has 0 saturated heterocycles. The summed E-state index contributed by atoms with van der Waals surface area (Å²) in [6.45, 7) is 5.69. The number of nitrogen functional groups attached to an aromatic ring is 1. The Hall–Kier alpha value is -1.97. The minimum atomic E-state index is 0.709. The molecule has 0 fully saturated rings. The zero-order valence-corrected chi connectivity index (χ0v) is 11.6. The molecule has 0 aliphatic carbocycles. The molecule has 102 valence electrons. The average Bonchev–Trinajstić information content (AvgIpc) is 2.79. The summed E-state index contributed by atoms with van der Waals surface area (Å²) in [4.78, 5) is 0. The van der Waals surface area contributed by atoms with E-state index in [0.29, 0.717) is 6.61 Å².